The summed E-state index contributed by atoms with van der Waals surface area (Å²) in [6.07, 6.45) is 1.05. The molecule has 0 radical (unpaired) electrons. The van der Waals surface area contributed by atoms with E-state index in [2.05, 4.69) is 15.9 Å². The van der Waals surface area contributed by atoms with Gasteiger partial charge in [-0.2, -0.15) is 0 Å². The van der Waals surface area contributed by atoms with Crippen LogP contribution in [-0.2, 0) is 5.75 Å². The third kappa shape index (κ3) is 3.54. The van der Waals surface area contributed by atoms with Gasteiger partial charge in [-0.1, -0.05) is 15.9 Å². The fourth-order valence-corrected chi connectivity index (χ4v) is 2.90. The second-order valence-corrected chi connectivity index (χ2v) is 5.61. The van der Waals surface area contributed by atoms with Crippen LogP contribution < -0.4 is 10.2 Å². The number of benzene rings is 1. The molecule has 100 valence electrons. The normalized spacial score (nSPS) is 10.4. The largest absolute Gasteiger partial charge is 0.502 e. The minimum absolute atomic E-state index is 0.381. The summed E-state index contributed by atoms with van der Waals surface area (Å²) in [5.74, 6) is 1.35. The predicted molar refractivity (Wildman–Crippen MR) is 76.9 cm³/mol. The van der Waals surface area contributed by atoms with Crippen molar-refractivity contribution in [2.45, 2.75) is 10.6 Å². The second kappa shape index (κ2) is 6.16. The zero-order valence-corrected chi connectivity index (χ0v) is 12.5. The van der Waals surface area contributed by atoms with Gasteiger partial charge in [0.2, 0.25) is 5.43 Å². The first-order valence-electron chi connectivity index (χ1n) is 5.37. The number of aromatic hydroxyl groups is 1. The van der Waals surface area contributed by atoms with Crippen LogP contribution in [0.5, 0.6) is 11.5 Å². The van der Waals surface area contributed by atoms with Gasteiger partial charge < -0.3 is 14.3 Å². The average Bonchev–Trinajstić information content (AvgIpc) is 2.40. The molecule has 0 aliphatic rings. The summed E-state index contributed by atoms with van der Waals surface area (Å²) in [5.41, 5.74) is -0.442. The number of rotatable bonds is 4. The number of hydrogen-bond acceptors (Lipinski definition) is 5. The Morgan fingerprint density at radius 2 is 2.21 bits per heavy atom. The van der Waals surface area contributed by atoms with Crippen LogP contribution in [0, 0.1) is 0 Å². The SMILES string of the molecule is COc1ccc(Br)cc1SCc1cc(=O)c(O)co1. The Balaban J connectivity index is 2.16. The quantitative estimate of drug-likeness (QED) is 0.862. The Morgan fingerprint density at radius 1 is 1.42 bits per heavy atom. The molecule has 0 atom stereocenters. The molecule has 0 amide bonds. The monoisotopic (exact) mass is 342 g/mol. The molecule has 0 aliphatic heterocycles. The lowest BCUT2D eigenvalue weighted by atomic mass is 10.3. The van der Waals surface area contributed by atoms with Crippen LogP contribution in [0.1, 0.15) is 5.76 Å². The van der Waals surface area contributed by atoms with Crippen LogP contribution in [0.15, 0.2) is 49.1 Å². The molecule has 0 aliphatic carbocycles. The lowest BCUT2D eigenvalue weighted by Crippen LogP contribution is -1.99. The summed E-state index contributed by atoms with van der Waals surface area (Å²) in [6, 6.07) is 6.97. The standard InChI is InChI=1S/C13H11BrO4S/c1-17-12-3-2-8(14)4-13(12)19-7-9-5-10(15)11(16)6-18-9/h2-6,16H,7H2,1H3. The maximum atomic E-state index is 11.3. The highest BCUT2D eigenvalue weighted by Gasteiger charge is 2.07. The molecule has 0 saturated carbocycles. The third-order valence-corrected chi connectivity index (χ3v) is 3.91. The Kier molecular flexibility index (Phi) is 4.55. The van der Waals surface area contributed by atoms with E-state index in [0.29, 0.717) is 11.5 Å². The zero-order valence-electron chi connectivity index (χ0n) is 10.1. The Hall–Kier alpha value is -1.40. The fraction of sp³-hybridized carbons (Fsp3) is 0.154. The van der Waals surface area contributed by atoms with E-state index in [9.17, 15) is 4.79 Å². The smallest absolute Gasteiger partial charge is 0.226 e. The summed E-state index contributed by atoms with van der Waals surface area (Å²) in [4.78, 5) is 12.2. The molecule has 4 nitrogen and oxygen atoms in total. The van der Waals surface area contributed by atoms with E-state index in [1.54, 1.807) is 7.11 Å². The van der Waals surface area contributed by atoms with Crippen molar-refractivity contribution in [1.29, 1.82) is 0 Å². The predicted octanol–water partition coefficient (Wildman–Crippen LogP) is 3.41. The molecule has 0 spiro atoms. The van der Waals surface area contributed by atoms with Gasteiger partial charge in [0.1, 0.15) is 17.8 Å². The lowest BCUT2D eigenvalue weighted by molar-refractivity contribution is 0.404. The summed E-state index contributed by atoms with van der Waals surface area (Å²) in [5, 5.41) is 9.11. The Morgan fingerprint density at radius 3 is 2.89 bits per heavy atom. The van der Waals surface area contributed by atoms with E-state index in [-0.39, 0.29) is 5.75 Å². The molecule has 1 aromatic carbocycles. The van der Waals surface area contributed by atoms with E-state index >= 15 is 0 Å². The molecule has 0 saturated heterocycles. The number of halogens is 1. The number of thioether (sulfide) groups is 1. The zero-order chi connectivity index (χ0) is 13.8. The van der Waals surface area contributed by atoms with E-state index in [1.165, 1.54) is 17.8 Å². The molecule has 1 heterocycles. The molecule has 0 unspecified atom stereocenters. The van der Waals surface area contributed by atoms with Gasteiger partial charge in [-0.3, -0.25) is 4.79 Å². The molecule has 0 bridgehead atoms. The van der Waals surface area contributed by atoms with Crippen molar-refractivity contribution in [2.24, 2.45) is 0 Å². The van der Waals surface area contributed by atoms with Crippen LogP contribution in [0.3, 0.4) is 0 Å². The molecule has 1 aromatic heterocycles. The Bertz CT molecular complexity index is 639. The van der Waals surface area contributed by atoms with Gasteiger partial charge in [0, 0.05) is 10.5 Å². The van der Waals surface area contributed by atoms with Crippen LogP contribution in [0.4, 0.5) is 0 Å². The summed E-state index contributed by atoms with van der Waals surface area (Å²) in [7, 11) is 1.61. The van der Waals surface area contributed by atoms with Crippen LogP contribution in [-0.4, -0.2) is 12.2 Å². The van der Waals surface area contributed by atoms with Gasteiger partial charge in [-0.15, -0.1) is 11.8 Å². The minimum Gasteiger partial charge on any atom is -0.502 e. The molecule has 1 N–H and O–H groups in total. The molecule has 19 heavy (non-hydrogen) atoms. The third-order valence-electron chi connectivity index (χ3n) is 2.36. The van der Waals surface area contributed by atoms with Crippen LogP contribution >= 0.6 is 27.7 Å². The highest BCUT2D eigenvalue weighted by atomic mass is 79.9. The molecule has 2 aromatic rings. The highest BCUT2D eigenvalue weighted by molar-refractivity contribution is 9.10. The van der Waals surface area contributed by atoms with E-state index in [1.807, 2.05) is 18.2 Å². The van der Waals surface area contributed by atoms with E-state index < -0.39 is 5.43 Å². The van der Waals surface area contributed by atoms with Crippen molar-refractivity contribution in [3.05, 3.63) is 51.0 Å². The van der Waals surface area contributed by atoms with E-state index in [0.717, 1.165) is 21.4 Å². The topological polar surface area (TPSA) is 59.7 Å². The van der Waals surface area contributed by atoms with Crippen LogP contribution in [0.2, 0.25) is 0 Å². The van der Waals surface area contributed by atoms with Gasteiger partial charge in [0.25, 0.3) is 0 Å². The number of ether oxygens (including phenoxy) is 1. The van der Waals surface area contributed by atoms with Crippen molar-refractivity contribution in [3.8, 4) is 11.5 Å². The van der Waals surface area contributed by atoms with Crippen molar-refractivity contribution < 1.29 is 14.3 Å². The van der Waals surface area contributed by atoms with Crippen molar-refractivity contribution >= 4 is 27.7 Å². The molecular weight excluding hydrogens is 332 g/mol. The average molecular weight is 343 g/mol. The van der Waals surface area contributed by atoms with Crippen molar-refractivity contribution in [3.63, 3.8) is 0 Å². The van der Waals surface area contributed by atoms with Gasteiger partial charge in [-0.25, -0.2) is 0 Å². The van der Waals surface area contributed by atoms with Gasteiger partial charge >= 0.3 is 0 Å². The van der Waals surface area contributed by atoms with Gasteiger partial charge in [0.05, 0.1) is 17.8 Å². The molecule has 6 heteroatoms. The number of hydrogen-bond donors (Lipinski definition) is 1. The van der Waals surface area contributed by atoms with Gasteiger partial charge in [-0.05, 0) is 18.2 Å². The second-order valence-electron chi connectivity index (χ2n) is 3.68. The molecule has 0 fully saturated rings. The summed E-state index contributed by atoms with van der Waals surface area (Å²) >= 11 is 4.88. The molecule has 2 rings (SSSR count). The molecular formula is C13H11BrO4S. The maximum absolute atomic E-state index is 11.3. The number of methoxy groups -OCH3 is 1. The van der Waals surface area contributed by atoms with Crippen LogP contribution in [0.25, 0.3) is 0 Å². The van der Waals surface area contributed by atoms with Gasteiger partial charge in [0.15, 0.2) is 5.75 Å². The fourth-order valence-electron chi connectivity index (χ4n) is 1.43. The minimum atomic E-state index is -0.442. The maximum Gasteiger partial charge on any atom is 0.226 e. The first-order chi connectivity index (χ1) is 9.10. The van der Waals surface area contributed by atoms with Crippen molar-refractivity contribution in [2.75, 3.05) is 7.11 Å². The van der Waals surface area contributed by atoms with Crippen molar-refractivity contribution in [1.82, 2.24) is 0 Å². The summed E-state index contributed by atoms with van der Waals surface area (Å²) in [6.45, 7) is 0. The summed E-state index contributed by atoms with van der Waals surface area (Å²) < 4.78 is 11.3. The first kappa shape index (κ1) is 14.0. The van der Waals surface area contributed by atoms with E-state index in [4.69, 9.17) is 14.3 Å². The highest BCUT2D eigenvalue weighted by Crippen LogP contribution is 2.33. The lowest BCUT2D eigenvalue weighted by Gasteiger charge is -2.08. The Labute approximate surface area is 122 Å². The first-order valence-corrected chi connectivity index (χ1v) is 7.15.